The van der Waals surface area contributed by atoms with Gasteiger partial charge in [0.15, 0.2) is 5.82 Å². The molecule has 20 heavy (non-hydrogen) atoms. The summed E-state index contributed by atoms with van der Waals surface area (Å²) in [6.07, 6.45) is 2.74. The fourth-order valence-corrected chi connectivity index (χ4v) is 3.34. The minimum Gasteiger partial charge on any atom is -0.391 e. The van der Waals surface area contributed by atoms with Crippen LogP contribution in [0.3, 0.4) is 0 Å². The standard InChI is InChI=1S/C13H17F2NO3S/c1-2-13(5-6-13)8-16-20(18,19)11-4-3-10(14)9(7-17)12(11)15/h3-4,16-17H,2,5-8H2,1H3. The molecular formula is C13H17F2NO3S. The predicted octanol–water partition coefficient (Wildman–Crippen LogP) is 1.93. The molecule has 4 nitrogen and oxygen atoms in total. The van der Waals surface area contributed by atoms with Gasteiger partial charge in [-0.15, -0.1) is 0 Å². The Morgan fingerprint density at radius 1 is 1.35 bits per heavy atom. The van der Waals surface area contributed by atoms with Gasteiger partial charge in [-0.25, -0.2) is 21.9 Å². The number of rotatable bonds is 6. The molecule has 2 N–H and O–H groups in total. The Morgan fingerprint density at radius 2 is 2.00 bits per heavy atom. The molecule has 1 aromatic rings. The van der Waals surface area contributed by atoms with Gasteiger partial charge in [0.05, 0.1) is 12.2 Å². The summed E-state index contributed by atoms with van der Waals surface area (Å²) in [5, 5.41) is 8.90. The number of hydrogen-bond donors (Lipinski definition) is 2. The van der Waals surface area contributed by atoms with Crippen molar-refractivity contribution in [2.75, 3.05) is 6.54 Å². The van der Waals surface area contributed by atoms with E-state index in [1.165, 1.54) is 0 Å². The highest BCUT2D eigenvalue weighted by Gasteiger charge is 2.41. The summed E-state index contributed by atoms with van der Waals surface area (Å²) in [7, 11) is -4.05. The fraction of sp³-hybridized carbons (Fsp3) is 0.538. The first-order chi connectivity index (χ1) is 9.35. The molecule has 0 amide bonds. The van der Waals surface area contributed by atoms with E-state index >= 15 is 0 Å². The Hall–Kier alpha value is -1.05. The molecule has 0 aliphatic heterocycles. The molecular weight excluding hydrogens is 288 g/mol. The fourth-order valence-electron chi connectivity index (χ4n) is 2.09. The van der Waals surface area contributed by atoms with Gasteiger partial charge >= 0.3 is 0 Å². The van der Waals surface area contributed by atoms with Gasteiger partial charge in [-0.2, -0.15) is 0 Å². The number of sulfonamides is 1. The minimum atomic E-state index is -4.05. The molecule has 0 saturated heterocycles. The Bertz CT molecular complexity index is 612. The van der Waals surface area contributed by atoms with Gasteiger partial charge in [0.2, 0.25) is 10.0 Å². The van der Waals surface area contributed by atoms with Crippen molar-refractivity contribution in [2.45, 2.75) is 37.7 Å². The molecule has 0 aromatic heterocycles. The minimum absolute atomic E-state index is 0.0244. The van der Waals surface area contributed by atoms with Crippen LogP contribution in [0.15, 0.2) is 17.0 Å². The first-order valence-corrected chi connectivity index (χ1v) is 7.91. The molecule has 0 heterocycles. The van der Waals surface area contributed by atoms with Crippen molar-refractivity contribution in [1.29, 1.82) is 0 Å². The van der Waals surface area contributed by atoms with Crippen molar-refractivity contribution in [2.24, 2.45) is 5.41 Å². The average molecular weight is 305 g/mol. The lowest BCUT2D eigenvalue weighted by Crippen LogP contribution is -2.31. The molecule has 0 atom stereocenters. The van der Waals surface area contributed by atoms with Crippen LogP contribution in [0.25, 0.3) is 0 Å². The summed E-state index contributed by atoms with van der Waals surface area (Å²) in [6.45, 7) is 1.33. The van der Waals surface area contributed by atoms with Crippen molar-refractivity contribution in [1.82, 2.24) is 4.72 Å². The van der Waals surface area contributed by atoms with E-state index in [4.69, 9.17) is 5.11 Å². The van der Waals surface area contributed by atoms with Crippen LogP contribution >= 0.6 is 0 Å². The Labute approximate surface area is 116 Å². The quantitative estimate of drug-likeness (QED) is 0.844. The Kier molecular flexibility index (Phi) is 4.13. The van der Waals surface area contributed by atoms with Crippen LogP contribution in [0.2, 0.25) is 0 Å². The number of aliphatic hydroxyl groups excluding tert-OH is 1. The van der Waals surface area contributed by atoms with E-state index in [1.807, 2.05) is 6.92 Å². The number of aliphatic hydroxyl groups is 1. The smallest absolute Gasteiger partial charge is 0.243 e. The summed E-state index contributed by atoms with van der Waals surface area (Å²) in [4.78, 5) is -0.630. The molecule has 0 radical (unpaired) electrons. The lowest BCUT2D eigenvalue weighted by molar-refractivity contribution is 0.267. The van der Waals surface area contributed by atoms with Gasteiger partial charge in [-0.3, -0.25) is 0 Å². The van der Waals surface area contributed by atoms with E-state index in [0.717, 1.165) is 31.4 Å². The third-order valence-corrected chi connectivity index (χ3v) is 5.36. The molecule has 0 bridgehead atoms. The number of hydrogen-bond acceptors (Lipinski definition) is 3. The highest BCUT2D eigenvalue weighted by atomic mass is 32.2. The Morgan fingerprint density at radius 3 is 2.50 bits per heavy atom. The van der Waals surface area contributed by atoms with E-state index in [1.54, 1.807) is 0 Å². The van der Waals surface area contributed by atoms with Crippen molar-refractivity contribution in [3.63, 3.8) is 0 Å². The molecule has 1 fully saturated rings. The molecule has 1 aliphatic carbocycles. The Balaban J connectivity index is 2.26. The van der Waals surface area contributed by atoms with Crippen LogP contribution in [-0.2, 0) is 16.6 Å². The SMILES string of the molecule is CCC1(CNS(=O)(=O)c2ccc(F)c(CO)c2F)CC1. The predicted molar refractivity (Wildman–Crippen MR) is 69.4 cm³/mol. The summed E-state index contributed by atoms with van der Waals surface area (Å²) in [5.74, 6) is -2.20. The van der Waals surface area contributed by atoms with Crippen molar-refractivity contribution in [3.8, 4) is 0 Å². The summed E-state index contributed by atoms with van der Waals surface area (Å²) < 4.78 is 53.7. The van der Waals surface area contributed by atoms with Gasteiger partial charge in [0, 0.05) is 6.54 Å². The number of halogens is 2. The van der Waals surface area contributed by atoms with E-state index in [2.05, 4.69) is 4.72 Å². The lowest BCUT2D eigenvalue weighted by Gasteiger charge is -2.15. The van der Waals surface area contributed by atoms with Crippen LogP contribution < -0.4 is 4.72 Å². The molecule has 0 unspecified atom stereocenters. The molecule has 1 saturated carbocycles. The monoisotopic (exact) mass is 305 g/mol. The van der Waals surface area contributed by atoms with Crippen molar-refractivity contribution >= 4 is 10.0 Å². The first kappa shape index (κ1) is 15.3. The molecule has 2 rings (SSSR count). The van der Waals surface area contributed by atoms with E-state index in [9.17, 15) is 17.2 Å². The maximum Gasteiger partial charge on any atom is 0.243 e. The van der Waals surface area contributed by atoms with Crippen LogP contribution in [0, 0.1) is 17.0 Å². The molecule has 7 heteroatoms. The van der Waals surface area contributed by atoms with Crippen molar-refractivity contribution in [3.05, 3.63) is 29.3 Å². The second kappa shape index (κ2) is 5.38. The van der Waals surface area contributed by atoms with Gasteiger partial charge in [-0.1, -0.05) is 6.92 Å². The third kappa shape index (κ3) is 2.84. The first-order valence-electron chi connectivity index (χ1n) is 6.42. The lowest BCUT2D eigenvalue weighted by atomic mass is 10.1. The zero-order chi connectivity index (χ0) is 15.0. The molecule has 1 aromatic carbocycles. The summed E-state index contributed by atoms with van der Waals surface area (Å²) in [5.41, 5.74) is -0.659. The van der Waals surface area contributed by atoms with Crippen LogP contribution in [0.5, 0.6) is 0 Å². The average Bonchev–Trinajstić information content (AvgIpc) is 3.17. The maximum absolute atomic E-state index is 13.9. The topological polar surface area (TPSA) is 66.4 Å². The van der Waals surface area contributed by atoms with Gasteiger partial charge in [-0.05, 0) is 36.8 Å². The number of benzene rings is 1. The van der Waals surface area contributed by atoms with E-state index < -0.39 is 38.7 Å². The highest BCUT2D eigenvalue weighted by molar-refractivity contribution is 7.89. The normalized spacial score (nSPS) is 17.2. The molecule has 0 spiro atoms. The van der Waals surface area contributed by atoms with Crippen LogP contribution in [0.4, 0.5) is 8.78 Å². The number of nitrogens with one attached hydrogen (secondary N) is 1. The zero-order valence-electron chi connectivity index (χ0n) is 11.1. The maximum atomic E-state index is 13.9. The van der Waals surface area contributed by atoms with Gasteiger partial charge < -0.3 is 5.11 Å². The van der Waals surface area contributed by atoms with Crippen molar-refractivity contribution < 1.29 is 22.3 Å². The zero-order valence-corrected chi connectivity index (χ0v) is 11.9. The largest absolute Gasteiger partial charge is 0.391 e. The second-order valence-electron chi connectivity index (χ2n) is 5.17. The molecule has 112 valence electrons. The second-order valence-corrected chi connectivity index (χ2v) is 6.91. The third-order valence-electron chi connectivity index (χ3n) is 3.94. The molecule has 1 aliphatic rings. The van der Waals surface area contributed by atoms with Crippen LogP contribution in [0.1, 0.15) is 31.7 Å². The van der Waals surface area contributed by atoms with Gasteiger partial charge in [0.1, 0.15) is 10.7 Å². The summed E-state index contributed by atoms with van der Waals surface area (Å²) in [6, 6.07) is 1.72. The van der Waals surface area contributed by atoms with E-state index in [0.29, 0.717) is 0 Å². The summed E-state index contributed by atoms with van der Waals surface area (Å²) >= 11 is 0. The van der Waals surface area contributed by atoms with E-state index in [-0.39, 0.29) is 12.0 Å². The van der Waals surface area contributed by atoms with Crippen LogP contribution in [-0.4, -0.2) is 20.1 Å². The van der Waals surface area contributed by atoms with Gasteiger partial charge in [0.25, 0.3) is 0 Å². The highest BCUT2D eigenvalue weighted by Crippen LogP contribution is 2.48.